The number of amidine groups is 1. The third-order valence-electron chi connectivity index (χ3n) is 3.31. The summed E-state index contributed by atoms with van der Waals surface area (Å²) in [5.74, 6) is -0.182. The van der Waals surface area contributed by atoms with Crippen LogP contribution in [-0.4, -0.2) is 40.3 Å². The molecule has 1 fully saturated rings. The summed E-state index contributed by atoms with van der Waals surface area (Å²) in [5.41, 5.74) is 6.03. The number of nitrogens with two attached hydrogens (primary N) is 1. The van der Waals surface area contributed by atoms with E-state index in [-0.39, 0.29) is 17.1 Å². The van der Waals surface area contributed by atoms with Gasteiger partial charge in [0.1, 0.15) is 5.69 Å². The highest BCUT2D eigenvalue weighted by atomic mass is 16.6. The van der Waals surface area contributed by atoms with E-state index < -0.39 is 11.0 Å². The van der Waals surface area contributed by atoms with Crippen LogP contribution in [0.15, 0.2) is 23.4 Å². The Morgan fingerprint density at radius 1 is 1.55 bits per heavy atom. The second-order valence-corrected chi connectivity index (χ2v) is 4.69. The highest BCUT2D eigenvalue weighted by molar-refractivity contribution is 5.98. The van der Waals surface area contributed by atoms with Crippen molar-refractivity contribution in [2.45, 2.75) is 18.9 Å². The minimum atomic E-state index is -0.509. The molecule has 1 aliphatic rings. The number of aliphatic hydroxyl groups is 1. The van der Waals surface area contributed by atoms with Gasteiger partial charge < -0.3 is 20.9 Å². The molecular weight excluding hydrogens is 264 g/mol. The Morgan fingerprint density at radius 3 is 2.90 bits per heavy atom. The summed E-state index contributed by atoms with van der Waals surface area (Å²) in [6, 6.07) is 4.38. The molecule has 0 bridgehead atoms. The first-order valence-corrected chi connectivity index (χ1v) is 6.22. The molecule has 20 heavy (non-hydrogen) atoms. The second kappa shape index (κ2) is 5.74. The number of hydrogen-bond donors (Lipinski definition) is 3. The van der Waals surface area contributed by atoms with E-state index in [2.05, 4.69) is 5.16 Å². The molecule has 8 heteroatoms. The van der Waals surface area contributed by atoms with Crippen molar-refractivity contribution in [3.05, 3.63) is 33.9 Å². The van der Waals surface area contributed by atoms with E-state index in [0.29, 0.717) is 25.2 Å². The quantitative estimate of drug-likeness (QED) is 0.245. The van der Waals surface area contributed by atoms with Crippen molar-refractivity contribution >= 4 is 17.2 Å². The van der Waals surface area contributed by atoms with Crippen LogP contribution in [0.5, 0.6) is 0 Å². The van der Waals surface area contributed by atoms with Crippen LogP contribution in [0.4, 0.5) is 11.4 Å². The first-order chi connectivity index (χ1) is 9.52. The Hall–Kier alpha value is -2.35. The molecule has 1 unspecified atom stereocenters. The molecule has 0 spiro atoms. The molecular formula is C12H16N4O4. The van der Waals surface area contributed by atoms with Crippen molar-refractivity contribution in [3.8, 4) is 0 Å². The topological polar surface area (TPSA) is 125 Å². The van der Waals surface area contributed by atoms with E-state index in [1.54, 1.807) is 17.0 Å². The van der Waals surface area contributed by atoms with E-state index >= 15 is 0 Å². The number of β-amino-alcohol motifs (C(OH)–C–C–N with tert-alkyl or cyclic N) is 1. The Bertz CT molecular complexity index is 546. The maximum absolute atomic E-state index is 11.2. The molecule has 1 aromatic rings. The fraction of sp³-hybridized carbons (Fsp3) is 0.417. The molecule has 4 N–H and O–H groups in total. The third kappa shape index (κ3) is 2.80. The van der Waals surface area contributed by atoms with Crippen molar-refractivity contribution in [3.63, 3.8) is 0 Å². The molecule has 1 aliphatic heterocycles. The molecule has 108 valence electrons. The zero-order valence-corrected chi connectivity index (χ0v) is 10.8. The highest BCUT2D eigenvalue weighted by Gasteiger charge is 2.25. The summed E-state index contributed by atoms with van der Waals surface area (Å²) in [6.07, 6.45) is 0.999. The van der Waals surface area contributed by atoms with Gasteiger partial charge in [-0.05, 0) is 25.0 Å². The van der Waals surface area contributed by atoms with Gasteiger partial charge in [-0.15, -0.1) is 0 Å². The van der Waals surface area contributed by atoms with Crippen molar-refractivity contribution in [2.75, 3.05) is 18.0 Å². The van der Waals surface area contributed by atoms with E-state index in [1.165, 1.54) is 6.07 Å². The third-order valence-corrected chi connectivity index (χ3v) is 3.31. The Balaban J connectivity index is 2.40. The molecule has 8 nitrogen and oxygen atoms in total. The Morgan fingerprint density at radius 2 is 2.30 bits per heavy atom. The Labute approximate surface area is 115 Å². The summed E-state index contributed by atoms with van der Waals surface area (Å²) >= 11 is 0. The van der Waals surface area contributed by atoms with Crippen LogP contribution in [0.2, 0.25) is 0 Å². The first kappa shape index (κ1) is 14.1. The number of rotatable bonds is 3. The van der Waals surface area contributed by atoms with Gasteiger partial charge in [0, 0.05) is 24.7 Å². The van der Waals surface area contributed by atoms with E-state index in [4.69, 9.17) is 10.9 Å². The number of hydrogen-bond acceptors (Lipinski definition) is 6. The number of anilines is 1. The van der Waals surface area contributed by atoms with Gasteiger partial charge in [0.2, 0.25) is 0 Å². The van der Waals surface area contributed by atoms with Gasteiger partial charge >= 0.3 is 0 Å². The second-order valence-electron chi connectivity index (χ2n) is 4.69. The van der Waals surface area contributed by atoms with Crippen molar-refractivity contribution in [2.24, 2.45) is 10.9 Å². The van der Waals surface area contributed by atoms with Crippen LogP contribution >= 0.6 is 0 Å². The van der Waals surface area contributed by atoms with E-state index in [0.717, 1.165) is 6.42 Å². The number of aliphatic hydroxyl groups excluding tert-OH is 1. The largest absolute Gasteiger partial charge is 0.409 e. The molecule has 0 aliphatic carbocycles. The molecule has 1 saturated heterocycles. The van der Waals surface area contributed by atoms with Crippen molar-refractivity contribution in [1.82, 2.24) is 0 Å². The number of oxime groups is 1. The summed E-state index contributed by atoms with van der Waals surface area (Å²) in [5, 5.41) is 32.3. The average Bonchev–Trinajstić information content (AvgIpc) is 2.45. The van der Waals surface area contributed by atoms with Crippen molar-refractivity contribution in [1.29, 1.82) is 0 Å². The summed E-state index contributed by atoms with van der Waals surface area (Å²) in [7, 11) is 0. The van der Waals surface area contributed by atoms with Gasteiger partial charge in [-0.25, -0.2) is 0 Å². The number of nitro benzene ring substituents is 1. The highest BCUT2D eigenvalue weighted by Crippen LogP contribution is 2.31. The zero-order valence-electron chi connectivity index (χ0n) is 10.8. The molecule has 0 saturated carbocycles. The lowest BCUT2D eigenvalue weighted by atomic mass is 10.1. The van der Waals surface area contributed by atoms with Crippen LogP contribution in [-0.2, 0) is 0 Å². The summed E-state index contributed by atoms with van der Waals surface area (Å²) < 4.78 is 0. The van der Waals surface area contributed by atoms with Crippen LogP contribution < -0.4 is 10.6 Å². The summed E-state index contributed by atoms with van der Waals surface area (Å²) in [4.78, 5) is 12.5. The summed E-state index contributed by atoms with van der Waals surface area (Å²) in [6.45, 7) is 1.02. The molecule has 1 atom stereocenters. The van der Waals surface area contributed by atoms with Crippen LogP contribution in [0.3, 0.4) is 0 Å². The van der Waals surface area contributed by atoms with Crippen LogP contribution in [0.1, 0.15) is 18.4 Å². The molecule has 0 aromatic heterocycles. The molecule has 2 rings (SSSR count). The normalized spacial score (nSPS) is 19.9. The van der Waals surface area contributed by atoms with Gasteiger partial charge in [-0.1, -0.05) is 5.16 Å². The predicted molar refractivity (Wildman–Crippen MR) is 73.1 cm³/mol. The van der Waals surface area contributed by atoms with Gasteiger partial charge in [0.15, 0.2) is 5.84 Å². The lowest BCUT2D eigenvalue weighted by Crippen LogP contribution is -2.38. The number of nitrogens with zero attached hydrogens (tertiary/aromatic N) is 3. The molecule has 1 heterocycles. The Kier molecular flexibility index (Phi) is 4.04. The van der Waals surface area contributed by atoms with E-state index in [1.807, 2.05) is 0 Å². The fourth-order valence-electron chi connectivity index (χ4n) is 2.33. The molecule has 0 radical (unpaired) electrons. The minimum Gasteiger partial charge on any atom is -0.409 e. The average molecular weight is 280 g/mol. The maximum atomic E-state index is 11.2. The molecule has 0 amide bonds. The van der Waals surface area contributed by atoms with Gasteiger partial charge in [-0.2, -0.15) is 0 Å². The predicted octanol–water partition coefficient (Wildman–Crippen LogP) is 0.650. The zero-order chi connectivity index (χ0) is 14.7. The van der Waals surface area contributed by atoms with Gasteiger partial charge in [0.05, 0.1) is 11.0 Å². The SMILES string of the molecule is NC(=NO)c1ccc(N2CCCC(O)C2)c([N+](=O)[O-])c1. The van der Waals surface area contributed by atoms with Gasteiger partial charge in [0.25, 0.3) is 5.69 Å². The smallest absolute Gasteiger partial charge is 0.293 e. The van der Waals surface area contributed by atoms with Gasteiger partial charge in [-0.3, -0.25) is 10.1 Å². The number of nitro groups is 1. The van der Waals surface area contributed by atoms with Crippen molar-refractivity contribution < 1.29 is 15.2 Å². The minimum absolute atomic E-state index is 0.122. The standard InChI is InChI=1S/C12H16N4O4/c13-12(14-18)8-3-4-10(11(6-8)16(19)20)15-5-1-2-9(17)7-15/h3-4,6,9,17-18H,1-2,5,7H2,(H2,13,14). The maximum Gasteiger partial charge on any atom is 0.293 e. The molecule has 1 aromatic carbocycles. The lowest BCUT2D eigenvalue weighted by molar-refractivity contribution is -0.384. The monoisotopic (exact) mass is 280 g/mol. The number of benzene rings is 1. The fourth-order valence-corrected chi connectivity index (χ4v) is 2.33. The van der Waals surface area contributed by atoms with Crippen LogP contribution in [0.25, 0.3) is 0 Å². The van der Waals surface area contributed by atoms with E-state index in [9.17, 15) is 15.2 Å². The lowest BCUT2D eigenvalue weighted by Gasteiger charge is -2.31. The first-order valence-electron chi connectivity index (χ1n) is 6.22. The number of piperidine rings is 1. The van der Waals surface area contributed by atoms with Crippen LogP contribution in [0, 0.1) is 10.1 Å².